The van der Waals surface area contributed by atoms with Crippen LogP contribution in [0.25, 0.3) is 0 Å². The Bertz CT molecular complexity index is 1120. The molecule has 1 spiro atoms. The number of benzene rings is 2. The summed E-state index contributed by atoms with van der Waals surface area (Å²) in [7, 11) is 0. The Kier molecular flexibility index (Phi) is 4.04. The third-order valence-corrected chi connectivity index (χ3v) is 5.24. The Balaban J connectivity index is 1.32. The second kappa shape index (κ2) is 6.56. The number of nitrogens with one attached hydrogen (secondary N) is 2. The molecule has 2 N–H and O–H groups in total. The number of rotatable bonds is 3. The third kappa shape index (κ3) is 3.09. The van der Waals surface area contributed by atoms with Crippen LogP contribution < -0.4 is 24.8 Å². The number of alkyl halides is 2. The van der Waals surface area contributed by atoms with Crippen LogP contribution >= 0.6 is 0 Å². The number of anilines is 1. The molecule has 3 heterocycles. The molecule has 0 aromatic heterocycles. The second-order valence-electron chi connectivity index (χ2n) is 7.20. The monoisotopic (exact) mass is 431 g/mol. The highest BCUT2D eigenvalue weighted by Gasteiger charge is 2.55. The van der Waals surface area contributed by atoms with Gasteiger partial charge in [0.2, 0.25) is 5.91 Å². The molecule has 9 nitrogen and oxygen atoms in total. The van der Waals surface area contributed by atoms with E-state index in [-0.39, 0.29) is 30.2 Å². The summed E-state index contributed by atoms with van der Waals surface area (Å²) in [4.78, 5) is 39.0. The van der Waals surface area contributed by atoms with Crippen LogP contribution in [0.4, 0.5) is 19.3 Å². The van der Waals surface area contributed by atoms with E-state index in [1.165, 1.54) is 12.1 Å². The molecule has 31 heavy (non-hydrogen) atoms. The molecule has 2 aromatic carbocycles. The predicted octanol–water partition coefficient (Wildman–Crippen LogP) is 2.18. The molecular weight excluding hydrogens is 416 g/mol. The standard InChI is InChI=1S/C20H15F2N3O6/c21-20(22)30-14-6-5-11(9-15(14)31-20)23-16(26)10-25-17(27)19(24-18(25)28)7-8-29-13-4-2-1-3-12(13)19/h1-6,9H,7-8,10H2,(H,23,26)(H,24,28). The molecule has 3 aliphatic rings. The minimum atomic E-state index is -3.78. The molecule has 1 fully saturated rings. The summed E-state index contributed by atoms with van der Waals surface area (Å²) in [5, 5.41) is 5.15. The van der Waals surface area contributed by atoms with Crippen molar-refractivity contribution in [2.75, 3.05) is 18.5 Å². The van der Waals surface area contributed by atoms with Gasteiger partial charge in [0.1, 0.15) is 12.3 Å². The maximum atomic E-state index is 13.2. The SMILES string of the molecule is O=C(CN1C(=O)NC2(CCOc3ccccc32)C1=O)Nc1ccc2c(c1)OC(F)(F)O2. The number of para-hydroxylation sites is 1. The van der Waals surface area contributed by atoms with Gasteiger partial charge in [-0.15, -0.1) is 8.78 Å². The first kappa shape index (κ1) is 19.1. The van der Waals surface area contributed by atoms with Gasteiger partial charge in [0.05, 0.1) is 6.61 Å². The second-order valence-corrected chi connectivity index (χ2v) is 7.20. The van der Waals surface area contributed by atoms with Gasteiger partial charge in [-0.05, 0) is 18.2 Å². The zero-order valence-corrected chi connectivity index (χ0v) is 15.8. The van der Waals surface area contributed by atoms with Crippen LogP contribution in [-0.2, 0) is 15.1 Å². The molecule has 0 radical (unpaired) electrons. The fourth-order valence-electron chi connectivity index (χ4n) is 3.89. The van der Waals surface area contributed by atoms with Crippen LogP contribution in [0.2, 0.25) is 0 Å². The maximum absolute atomic E-state index is 13.2. The maximum Gasteiger partial charge on any atom is 0.586 e. The average Bonchev–Trinajstić information content (AvgIpc) is 3.15. The van der Waals surface area contributed by atoms with E-state index in [0.29, 0.717) is 11.3 Å². The van der Waals surface area contributed by atoms with E-state index in [0.717, 1.165) is 11.0 Å². The molecular formula is C20H15F2N3O6. The molecule has 0 bridgehead atoms. The number of carbonyl (C=O) groups excluding carboxylic acids is 3. The molecule has 0 aliphatic carbocycles. The molecule has 0 saturated carbocycles. The largest absolute Gasteiger partial charge is 0.586 e. The average molecular weight is 431 g/mol. The number of fused-ring (bicyclic) bond motifs is 3. The van der Waals surface area contributed by atoms with Crippen molar-refractivity contribution in [3.63, 3.8) is 0 Å². The molecule has 160 valence electrons. The van der Waals surface area contributed by atoms with E-state index < -0.39 is 36.2 Å². The van der Waals surface area contributed by atoms with E-state index >= 15 is 0 Å². The highest BCUT2D eigenvalue weighted by molar-refractivity contribution is 6.10. The first-order chi connectivity index (χ1) is 14.8. The predicted molar refractivity (Wildman–Crippen MR) is 99.8 cm³/mol. The number of amides is 4. The van der Waals surface area contributed by atoms with Crippen LogP contribution in [0.15, 0.2) is 42.5 Å². The lowest BCUT2D eigenvalue weighted by Gasteiger charge is -2.33. The van der Waals surface area contributed by atoms with Gasteiger partial charge in [-0.25, -0.2) is 4.79 Å². The van der Waals surface area contributed by atoms with Crippen molar-refractivity contribution in [1.82, 2.24) is 10.2 Å². The third-order valence-electron chi connectivity index (χ3n) is 5.24. The lowest BCUT2D eigenvalue weighted by atomic mass is 9.84. The Labute approximate surface area is 173 Å². The molecule has 4 amide bonds. The number of carbonyl (C=O) groups is 3. The van der Waals surface area contributed by atoms with Crippen molar-refractivity contribution in [2.24, 2.45) is 0 Å². The molecule has 3 aliphatic heterocycles. The molecule has 2 aromatic rings. The molecule has 1 saturated heterocycles. The Hall–Kier alpha value is -3.89. The van der Waals surface area contributed by atoms with Crippen LogP contribution in [0.1, 0.15) is 12.0 Å². The first-order valence-corrected chi connectivity index (χ1v) is 9.34. The van der Waals surface area contributed by atoms with E-state index in [1.807, 2.05) is 0 Å². The fourth-order valence-corrected chi connectivity index (χ4v) is 3.89. The van der Waals surface area contributed by atoms with Crippen LogP contribution in [0.5, 0.6) is 17.2 Å². The van der Waals surface area contributed by atoms with Gasteiger partial charge in [0, 0.05) is 23.7 Å². The number of ether oxygens (including phenoxy) is 3. The van der Waals surface area contributed by atoms with Gasteiger partial charge < -0.3 is 24.8 Å². The minimum absolute atomic E-state index is 0.142. The van der Waals surface area contributed by atoms with Gasteiger partial charge in [-0.3, -0.25) is 14.5 Å². The zero-order valence-electron chi connectivity index (χ0n) is 15.8. The zero-order chi connectivity index (χ0) is 21.8. The summed E-state index contributed by atoms with van der Waals surface area (Å²) in [5.74, 6) is -1.17. The molecule has 1 atom stereocenters. The summed E-state index contributed by atoms with van der Waals surface area (Å²) in [6.45, 7) is -0.328. The van der Waals surface area contributed by atoms with Gasteiger partial charge in [0.25, 0.3) is 5.91 Å². The summed E-state index contributed by atoms with van der Waals surface area (Å²) in [6, 6.07) is 9.89. The van der Waals surface area contributed by atoms with Crippen molar-refractivity contribution in [3.8, 4) is 17.2 Å². The van der Waals surface area contributed by atoms with Crippen molar-refractivity contribution in [1.29, 1.82) is 0 Å². The Morgan fingerprint density at radius 3 is 2.71 bits per heavy atom. The smallest absolute Gasteiger partial charge is 0.493 e. The lowest BCUT2D eigenvalue weighted by molar-refractivity contribution is -0.286. The molecule has 1 unspecified atom stereocenters. The summed E-state index contributed by atoms with van der Waals surface area (Å²) in [6.07, 6.45) is -3.55. The minimum Gasteiger partial charge on any atom is -0.493 e. The summed E-state index contributed by atoms with van der Waals surface area (Å²) < 4.78 is 40.5. The number of nitrogens with zero attached hydrogens (tertiary/aromatic N) is 1. The fraction of sp³-hybridized carbons (Fsp3) is 0.250. The quantitative estimate of drug-likeness (QED) is 0.722. The van der Waals surface area contributed by atoms with Gasteiger partial charge in [-0.1, -0.05) is 18.2 Å². The first-order valence-electron chi connectivity index (χ1n) is 9.34. The van der Waals surface area contributed by atoms with E-state index in [9.17, 15) is 23.2 Å². The van der Waals surface area contributed by atoms with Crippen LogP contribution in [-0.4, -0.2) is 42.2 Å². The van der Waals surface area contributed by atoms with E-state index in [4.69, 9.17) is 4.74 Å². The van der Waals surface area contributed by atoms with Gasteiger partial charge in [0.15, 0.2) is 17.0 Å². The lowest BCUT2D eigenvalue weighted by Crippen LogP contribution is -2.48. The van der Waals surface area contributed by atoms with Crippen molar-refractivity contribution >= 4 is 23.5 Å². The van der Waals surface area contributed by atoms with Crippen molar-refractivity contribution < 1.29 is 37.4 Å². The van der Waals surface area contributed by atoms with Crippen molar-refractivity contribution in [3.05, 3.63) is 48.0 Å². The Morgan fingerprint density at radius 2 is 1.87 bits per heavy atom. The number of urea groups is 1. The van der Waals surface area contributed by atoms with Crippen molar-refractivity contribution in [2.45, 2.75) is 18.3 Å². The Morgan fingerprint density at radius 1 is 1.10 bits per heavy atom. The van der Waals surface area contributed by atoms with Crippen LogP contribution in [0, 0.1) is 0 Å². The number of hydrogen-bond acceptors (Lipinski definition) is 6. The number of halogens is 2. The highest BCUT2D eigenvalue weighted by Crippen LogP contribution is 2.43. The van der Waals surface area contributed by atoms with E-state index in [1.54, 1.807) is 24.3 Å². The topological polar surface area (TPSA) is 106 Å². The molecule has 11 heteroatoms. The van der Waals surface area contributed by atoms with E-state index in [2.05, 4.69) is 20.1 Å². The summed E-state index contributed by atoms with van der Waals surface area (Å²) in [5.41, 5.74) is -0.626. The number of hydrogen-bond donors (Lipinski definition) is 2. The van der Waals surface area contributed by atoms with Crippen LogP contribution in [0.3, 0.4) is 0 Å². The van der Waals surface area contributed by atoms with Gasteiger partial charge in [-0.2, -0.15) is 0 Å². The summed E-state index contributed by atoms with van der Waals surface area (Å²) >= 11 is 0. The normalized spacial score (nSPS) is 22.7. The number of imide groups is 1. The highest BCUT2D eigenvalue weighted by atomic mass is 19.3. The molecule has 5 rings (SSSR count). The van der Waals surface area contributed by atoms with Gasteiger partial charge >= 0.3 is 12.3 Å².